The smallest absolute Gasteiger partial charge is 0.179 e. The number of aryl methyl sites for hydroxylation is 2. The molecule has 2 aromatic heterocycles. The molecule has 0 saturated carbocycles. The van der Waals surface area contributed by atoms with Crippen molar-refractivity contribution < 1.29 is 4.74 Å². The van der Waals surface area contributed by atoms with Gasteiger partial charge in [-0.1, -0.05) is 6.92 Å². The molecule has 5 nitrogen and oxygen atoms in total. The first kappa shape index (κ1) is 12.3. The average Bonchev–Trinajstić information content (AvgIpc) is 2.76. The SMILES string of the molecule is CCc1nn(C)c2c1[nH]c(=S)n2C(C)COC. The number of hydrogen-bond acceptors (Lipinski definition) is 3. The highest BCUT2D eigenvalue weighted by molar-refractivity contribution is 7.71. The summed E-state index contributed by atoms with van der Waals surface area (Å²) < 4.78 is 9.87. The molecule has 6 heteroatoms. The molecule has 0 aliphatic carbocycles. The molecule has 0 amide bonds. The molecule has 2 heterocycles. The Kier molecular flexibility index (Phi) is 3.35. The third-order valence-electron chi connectivity index (χ3n) is 2.95. The topological polar surface area (TPSA) is 47.8 Å². The molecule has 2 aromatic rings. The molecule has 17 heavy (non-hydrogen) atoms. The summed E-state index contributed by atoms with van der Waals surface area (Å²) in [5.74, 6) is 0. The third kappa shape index (κ3) is 1.91. The van der Waals surface area contributed by atoms with Crippen LogP contribution in [-0.4, -0.2) is 33.0 Å². The van der Waals surface area contributed by atoms with Gasteiger partial charge in [0.15, 0.2) is 10.4 Å². The minimum absolute atomic E-state index is 0.196. The van der Waals surface area contributed by atoms with Crippen LogP contribution in [0.2, 0.25) is 0 Å². The van der Waals surface area contributed by atoms with E-state index in [1.165, 1.54) is 0 Å². The molecular formula is C11H18N4OS. The Balaban J connectivity index is 2.66. The normalized spacial score (nSPS) is 13.4. The predicted octanol–water partition coefficient (Wildman–Crippen LogP) is 2.20. The molecule has 0 radical (unpaired) electrons. The minimum Gasteiger partial charge on any atom is -0.383 e. The van der Waals surface area contributed by atoms with Crippen molar-refractivity contribution in [2.75, 3.05) is 13.7 Å². The van der Waals surface area contributed by atoms with Crippen molar-refractivity contribution in [2.45, 2.75) is 26.3 Å². The summed E-state index contributed by atoms with van der Waals surface area (Å²) in [5, 5.41) is 4.49. The molecule has 1 unspecified atom stereocenters. The summed E-state index contributed by atoms with van der Waals surface area (Å²) in [6.45, 7) is 4.81. The van der Waals surface area contributed by atoms with Gasteiger partial charge in [0, 0.05) is 14.2 Å². The monoisotopic (exact) mass is 254 g/mol. The largest absolute Gasteiger partial charge is 0.383 e. The van der Waals surface area contributed by atoms with Crippen molar-refractivity contribution in [3.63, 3.8) is 0 Å². The minimum atomic E-state index is 0.196. The van der Waals surface area contributed by atoms with Gasteiger partial charge < -0.3 is 9.72 Å². The molecular weight excluding hydrogens is 236 g/mol. The van der Waals surface area contributed by atoms with Crippen LogP contribution in [0.25, 0.3) is 11.2 Å². The van der Waals surface area contributed by atoms with Gasteiger partial charge in [0.2, 0.25) is 0 Å². The van der Waals surface area contributed by atoms with E-state index in [0.29, 0.717) is 6.61 Å². The number of imidazole rings is 1. The van der Waals surface area contributed by atoms with Gasteiger partial charge in [-0.2, -0.15) is 5.10 Å². The first-order valence-corrected chi connectivity index (χ1v) is 6.16. The third-order valence-corrected chi connectivity index (χ3v) is 3.25. The van der Waals surface area contributed by atoms with Crippen LogP contribution in [0.5, 0.6) is 0 Å². The van der Waals surface area contributed by atoms with Gasteiger partial charge in [0.1, 0.15) is 5.52 Å². The van der Waals surface area contributed by atoms with Crippen LogP contribution < -0.4 is 0 Å². The van der Waals surface area contributed by atoms with Crippen molar-refractivity contribution in [1.29, 1.82) is 0 Å². The van der Waals surface area contributed by atoms with Crippen LogP contribution in [0.1, 0.15) is 25.6 Å². The summed E-state index contributed by atoms with van der Waals surface area (Å²) in [6, 6.07) is 0.196. The number of ether oxygens (including phenoxy) is 1. The van der Waals surface area contributed by atoms with Crippen molar-refractivity contribution in [3.8, 4) is 0 Å². The van der Waals surface area contributed by atoms with E-state index in [4.69, 9.17) is 17.0 Å². The second-order valence-electron chi connectivity index (χ2n) is 4.23. The Bertz CT molecular complexity index is 580. The number of fused-ring (bicyclic) bond motifs is 1. The summed E-state index contributed by atoms with van der Waals surface area (Å²) in [7, 11) is 3.64. The van der Waals surface area contributed by atoms with Crippen molar-refractivity contribution in [2.24, 2.45) is 7.05 Å². The lowest BCUT2D eigenvalue weighted by atomic mass is 10.3. The number of hydrogen-bond donors (Lipinski definition) is 1. The van der Waals surface area contributed by atoms with Crippen molar-refractivity contribution in [3.05, 3.63) is 10.5 Å². The first-order chi connectivity index (χ1) is 8.10. The van der Waals surface area contributed by atoms with Crippen LogP contribution in [0.15, 0.2) is 0 Å². The van der Waals surface area contributed by atoms with E-state index < -0.39 is 0 Å². The number of aromatic amines is 1. The highest BCUT2D eigenvalue weighted by Gasteiger charge is 2.17. The molecule has 0 aromatic carbocycles. The van der Waals surface area contributed by atoms with Crippen LogP contribution in [0.3, 0.4) is 0 Å². The van der Waals surface area contributed by atoms with Gasteiger partial charge in [-0.15, -0.1) is 0 Å². The quantitative estimate of drug-likeness (QED) is 0.851. The van der Waals surface area contributed by atoms with Crippen molar-refractivity contribution >= 4 is 23.4 Å². The van der Waals surface area contributed by atoms with E-state index in [1.54, 1.807) is 7.11 Å². The van der Waals surface area contributed by atoms with Gasteiger partial charge in [-0.25, -0.2) is 0 Å². The lowest BCUT2D eigenvalue weighted by molar-refractivity contribution is 0.162. The fourth-order valence-electron chi connectivity index (χ4n) is 2.21. The number of nitrogens with one attached hydrogen (secondary N) is 1. The first-order valence-electron chi connectivity index (χ1n) is 5.75. The molecule has 0 bridgehead atoms. The van der Waals surface area contributed by atoms with Crippen LogP contribution >= 0.6 is 12.2 Å². The van der Waals surface area contributed by atoms with Gasteiger partial charge in [0.05, 0.1) is 18.3 Å². The summed E-state index contributed by atoms with van der Waals surface area (Å²) in [5.41, 5.74) is 3.14. The lowest BCUT2D eigenvalue weighted by Crippen LogP contribution is -2.13. The Morgan fingerprint density at radius 2 is 2.24 bits per heavy atom. The highest BCUT2D eigenvalue weighted by atomic mass is 32.1. The van der Waals surface area contributed by atoms with E-state index >= 15 is 0 Å². The lowest BCUT2D eigenvalue weighted by Gasteiger charge is -2.13. The molecule has 0 saturated heterocycles. The Labute approximate surface area is 105 Å². The van der Waals surface area contributed by atoms with Gasteiger partial charge in [-0.3, -0.25) is 9.25 Å². The molecule has 0 aliphatic rings. The number of aromatic nitrogens is 4. The maximum atomic E-state index is 5.37. The second kappa shape index (κ2) is 4.62. The Morgan fingerprint density at radius 1 is 1.53 bits per heavy atom. The zero-order valence-corrected chi connectivity index (χ0v) is 11.5. The molecule has 0 fully saturated rings. The second-order valence-corrected chi connectivity index (χ2v) is 4.61. The van der Waals surface area contributed by atoms with Gasteiger partial charge >= 0.3 is 0 Å². The van der Waals surface area contributed by atoms with Gasteiger partial charge in [0.25, 0.3) is 0 Å². The van der Waals surface area contributed by atoms with Crippen molar-refractivity contribution in [1.82, 2.24) is 19.3 Å². The maximum Gasteiger partial charge on any atom is 0.179 e. The fraction of sp³-hybridized carbons (Fsp3) is 0.636. The number of nitrogens with zero attached hydrogens (tertiary/aromatic N) is 3. The average molecular weight is 254 g/mol. The predicted molar refractivity (Wildman–Crippen MR) is 69.9 cm³/mol. The molecule has 2 rings (SSSR count). The number of H-pyrrole nitrogens is 1. The van der Waals surface area contributed by atoms with Crippen LogP contribution in [0, 0.1) is 4.77 Å². The maximum absolute atomic E-state index is 5.37. The van der Waals surface area contributed by atoms with Crippen LogP contribution in [-0.2, 0) is 18.2 Å². The molecule has 1 N–H and O–H groups in total. The molecule has 0 aliphatic heterocycles. The van der Waals surface area contributed by atoms with E-state index in [0.717, 1.165) is 28.0 Å². The number of methoxy groups -OCH3 is 1. The summed E-state index contributed by atoms with van der Waals surface area (Å²) in [6.07, 6.45) is 0.894. The van der Waals surface area contributed by atoms with Crippen LogP contribution in [0.4, 0.5) is 0 Å². The van der Waals surface area contributed by atoms with E-state index in [-0.39, 0.29) is 6.04 Å². The molecule has 1 atom stereocenters. The van der Waals surface area contributed by atoms with E-state index in [1.807, 2.05) is 11.7 Å². The van der Waals surface area contributed by atoms with E-state index in [9.17, 15) is 0 Å². The van der Waals surface area contributed by atoms with Gasteiger partial charge in [-0.05, 0) is 25.6 Å². The Hall–Kier alpha value is -1.14. The van der Waals surface area contributed by atoms with E-state index in [2.05, 4.69) is 28.5 Å². The zero-order valence-electron chi connectivity index (χ0n) is 10.6. The Morgan fingerprint density at radius 3 is 2.82 bits per heavy atom. The number of rotatable bonds is 4. The molecule has 0 spiro atoms. The fourth-order valence-corrected chi connectivity index (χ4v) is 2.58. The zero-order chi connectivity index (χ0) is 12.6. The summed E-state index contributed by atoms with van der Waals surface area (Å²) >= 11 is 5.37. The highest BCUT2D eigenvalue weighted by Crippen LogP contribution is 2.22. The molecule has 94 valence electrons. The summed E-state index contributed by atoms with van der Waals surface area (Å²) in [4.78, 5) is 3.25. The standard InChI is InChI=1S/C11H18N4OS/c1-5-8-9-10(14(3)13-8)15(11(17)12-9)7(2)6-16-4/h7H,5-6H2,1-4H3,(H,12,17).